The number of methoxy groups -OCH3 is 1. The molecule has 2 N–H and O–H groups in total. The largest absolute Gasteiger partial charge is 0.469 e. The third-order valence-electron chi connectivity index (χ3n) is 5.09. The van der Waals surface area contributed by atoms with Crippen LogP contribution >= 0.6 is 0 Å². The molecule has 2 heterocycles. The molecule has 0 aliphatic carbocycles. The van der Waals surface area contributed by atoms with Crippen molar-refractivity contribution in [3.05, 3.63) is 71.0 Å². The van der Waals surface area contributed by atoms with Crippen LogP contribution in [0.5, 0.6) is 0 Å². The second-order valence-electron chi connectivity index (χ2n) is 6.92. The van der Waals surface area contributed by atoms with Crippen LogP contribution in [0, 0.1) is 13.8 Å². The molecule has 0 radical (unpaired) electrons. The summed E-state index contributed by atoms with van der Waals surface area (Å²) in [5.74, 6) is -0.285. The smallest absolute Gasteiger partial charge is 0.306 e. The summed E-state index contributed by atoms with van der Waals surface area (Å²) in [6, 6.07) is 12.7. The van der Waals surface area contributed by atoms with Gasteiger partial charge in [0.15, 0.2) is 0 Å². The Hall–Kier alpha value is -3.01. The van der Waals surface area contributed by atoms with Crippen LogP contribution in [0.15, 0.2) is 48.8 Å². The van der Waals surface area contributed by atoms with E-state index < -0.39 is 0 Å². The van der Waals surface area contributed by atoms with Gasteiger partial charge in [-0.05, 0) is 49.2 Å². The first-order chi connectivity index (χ1) is 12.6. The van der Waals surface area contributed by atoms with Crippen molar-refractivity contribution in [2.45, 2.75) is 26.2 Å². The van der Waals surface area contributed by atoms with E-state index in [9.17, 15) is 4.79 Å². The number of carbonyl (C=O) groups is 1. The summed E-state index contributed by atoms with van der Waals surface area (Å²) in [4.78, 5) is 18.9. The lowest BCUT2D eigenvalue weighted by Crippen LogP contribution is -2.09. The van der Waals surface area contributed by atoms with E-state index in [0.717, 1.165) is 32.9 Å². The lowest BCUT2D eigenvalue weighted by Gasteiger charge is -2.15. The van der Waals surface area contributed by atoms with E-state index in [-0.39, 0.29) is 11.9 Å². The molecular formula is C22H22N2O2. The van der Waals surface area contributed by atoms with Gasteiger partial charge in [-0.25, -0.2) is 0 Å². The zero-order valence-electron chi connectivity index (χ0n) is 15.2. The molecule has 4 nitrogen and oxygen atoms in total. The highest BCUT2D eigenvalue weighted by Gasteiger charge is 2.24. The Labute approximate surface area is 152 Å². The van der Waals surface area contributed by atoms with Crippen molar-refractivity contribution in [1.29, 1.82) is 0 Å². The van der Waals surface area contributed by atoms with Gasteiger partial charge in [0.2, 0.25) is 0 Å². The minimum Gasteiger partial charge on any atom is -0.469 e. The van der Waals surface area contributed by atoms with Crippen molar-refractivity contribution in [2.24, 2.45) is 0 Å². The summed E-state index contributed by atoms with van der Waals surface area (Å²) in [5.41, 5.74) is 6.80. The van der Waals surface area contributed by atoms with Gasteiger partial charge in [-0.15, -0.1) is 0 Å². The Morgan fingerprint density at radius 2 is 1.42 bits per heavy atom. The highest BCUT2D eigenvalue weighted by molar-refractivity contribution is 5.90. The van der Waals surface area contributed by atoms with Crippen LogP contribution in [-0.4, -0.2) is 23.0 Å². The average Bonchev–Trinajstić information content (AvgIpc) is 3.23. The molecule has 0 unspecified atom stereocenters. The summed E-state index contributed by atoms with van der Waals surface area (Å²) in [5, 5.41) is 2.31. The van der Waals surface area contributed by atoms with Crippen LogP contribution in [0.25, 0.3) is 21.8 Å². The topological polar surface area (TPSA) is 57.9 Å². The van der Waals surface area contributed by atoms with E-state index in [1.807, 2.05) is 12.4 Å². The summed E-state index contributed by atoms with van der Waals surface area (Å²) in [7, 11) is 1.44. The number of carbonyl (C=O) groups excluding carboxylic acids is 1. The second-order valence-corrected chi connectivity index (χ2v) is 6.92. The van der Waals surface area contributed by atoms with Gasteiger partial charge in [0.25, 0.3) is 0 Å². The molecule has 0 saturated heterocycles. The number of aromatic nitrogens is 2. The Morgan fingerprint density at radius 3 is 1.88 bits per heavy atom. The number of rotatable bonds is 4. The Morgan fingerprint density at radius 1 is 0.923 bits per heavy atom. The van der Waals surface area contributed by atoms with Gasteiger partial charge in [-0.1, -0.05) is 23.3 Å². The maximum Gasteiger partial charge on any atom is 0.306 e. The van der Waals surface area contributed by atoms with Crippen LogP contribution in [0.3, 0.4) is 0 Å². The molecule has 0 spiro atoms. The molecular weight excluding hydrogens is 324 g/mol. The van der Waals surface area contributed by atoms with Crippen molar-refractivity contribution < 1.29 is 9.53 Å². The van der Waals surface area contributed by atoms with Gasteiger partial charge < -0.3 is 14.7 Å². The lowest BCUT2D eigenvalue weighted by molar-refractivity contribution is -0.140. The second kappa shape index (κ2) is 6.37. The van der Waals surface area contributed by atoms with E-state index >= 15 is 0 Å². The predicted molar refractivity (Wildman–Crippen MR) is 105 cm³/mol. The molecule has 0 amide bonds. The van der Waals surface area contributed by atoms with Crippen molar-refractivity contribution in [3.8, 4) is 0 Å². The Balaban J connectivity index is 1.92. The summed E-state index contributed by atoms with van der Waals surface area (Å²) in [6.07, 6.45) is 4.34. The molecule has 0 bridgehead atoms. The van der Waals surface area contributed by atoms with E-state index in [2.05, 4.69) is 60.2 Å². The van der Waals surface area contributed by atoms with Crippen LogP contribution < -0.4 is 0 Å². The van der Waals surface area contributed by atoms with Crippen LogP contribution in [0.2, 0.25) is 0 Å². The lowest BCUT2D eigenvalue weighted by atomic mass is 9.87. The number of hydrogen-bond acceptors (Lipinski definition) is 2. The standard InChI is InChI=1S/C22H22N2O2/c1-13-4-6-20-16(8-13)18(11-23-20)15(10-22(25)26-3)19-12-24-21-7-5-14(2)9-17(19)21/h4-9,11-12,15,23-24H,10H2,1-3H3. The summed E-state index contributed by atoms with van der Waals surface area (Å²) >= 11 is 0. The number of H-pyrrole nitrogens is 2. The minimum atomic E-state index is -0.209. The predicted octanol–water partition coefficient (Wildman–Crippen LogP) is 4.96. The van der Waals surface area contributed by atoms with Crippen LogP contribution in [0.1, 0.15) is 34.6 Å². The van der Waals surface area contributed by atoms with Gasteiger partial charge in [0, 0.05) is 40.1 Å². The third kappa shape index (κ3) is 2.77. The van der Waals surface area contributed by atoms with E-state index in [0.29, 0.717) is 6.42 Å². The SMILES string of the molecule is COC(=O)CC(c1c[nH]c2ccc(C)cc12)c1c[nH]c2ccc(C)cc12. The highest BCUT2D eigenvalue weighted by Crippen LogP contribution is 2.37. The molecule has 0 atom stereocenters. The van der Waals surface area contributed by atoms with E-state index in [1.165, 1.54) is 18.2 Å². The van der Waals surface area contributed by atoms with Crippen LogP contribution in [0.4, 0.5) is 0 Å². The molecule has 4 rings (SSSR count). The molecule has 0 aliphatic heterocycles. The first kappa shape index (κ1) is 16.5. The molecule has 2 aromatic heterocycles. The average molecular weight is 346 g/mol. The van der Waals surface area contributed by atoms with Crippen molar-refractivity contribution in [3.63, 3.8) is 0 Å². The molecule has 0 fully saturated rings. The summed E-state index contributed by atoms with van der Waals surface area (Å²) < 4.78 is 4.99. The van der Waals surface area contributed by atoms with Gasteiger partial charge in [-0.3, -0.25) is 4.79 Å². The molecule has 4 heteroatoms. The quantitative estimate of drug-likeness (QED) is 0.513. The number of ether oxygens (including phenoxy) is 1. The first-order valence-electron chi connectivity index (χ1n) is 8.79. The zero-order valence-corrected chi connectivity index (χ0v) is 15.2. The van der Waals surface area contributed by atoms with Gasteiger partial charge in [0.05, 0.1) is 13.5 Å². The Kier molecular flexibility index (Phi) is 4.03. The first-order valence-corrected chi connectivity index (χ1v) is 8.79. The van der Waals surface area contributed by atoms with E-state index in [1.54, 1.807) is 0 Å². The van der Waals surface area contributed by atoms with Gasteiger partial charge in [-0.2, -0.15) is 0 Å². The number of esters is 1. The van der Waals surface area contributed by atoms with Crippen molar-refractivity contribution >= 4 is 27.8 Å². The maximum atomic E-state index is 12.2. The molecule has 2 aromatic carbocycles. The molecule has 0 aliphatic rings. The molecule has 4 aromatic rings. The number of aromatic amines is 2. The summed E-state index contributed by atoms with van der Waals surface area (Å²) in [6.45, 7) is 4.17. The number of aryl methyl sites for hydroxylation is 2. The highest BCUT2D eigenvalue weighted by atomic mass is 16.5. The van der Waals surface area contributed by atoms with Crippen molar-refractivity contribution in [2.75, 3.05) is 7.11 Å². The molecule has 0 saturated carbocycles. The Bertz CT molecular complexity index is 1020. The number of hydrogen-bond donors (Lipinski definition) is 2. The number of benzene rings is 2. The number of fused-ring (bicyclic) bond motifs is 2. The minimum absolute atomic E-state index is 0.0754. The van der Waals surface area contributed by atoms with Gasteiger partial charge in [0.1, 0.15) is 0 Å². The molecule has 132 valence electrons. The normalized spacial score (nSPS) is 11.5. The fraction of sp³-hybridized carbons (Fsp3) is 0.227. The monoisotopic (exact) mass is 346 g/mol. The molecule has 26 heavy (non-hydrogen) atoms. The van der Waals surface area contributed by atoms with Crippen molar-refractivity contribution in [1.82, 2.24) is 9.97 Å². The van der Waals surface area contributed by atoms with E-state index in [4.69, 9.17) is 4.74 Å². The third-order valence-corrected chi connectivity index (χ3v) is 5.09. The fourth-order valence-corrected chi connectivity index (χ4v) is 3.73. The number of nitrogens with one attached hydrogen (secondary N) is 2. The zero-order chi connectivity index (χ0) is 18.3. The van der Waals surface area contributed by atoms with Crippen LogP contribution in [-0.2, 0) is 9.53 Å². The fourth-order valence-electron chi connectivity index (χ4n) is 3.73. The van der Waals surface area contributed by atoms with Gasteiger partial charge >= 0.3 is 5.97 Å². The maximum absolute atomic E-state index is 12.2.